The van der Waals surface area contributed by atoms with Crippen molar-refractivity contribution in [1.29, 1.82) is 0 Å². The number of nitrogens with one attached hydrogen (secondary N) is 1. The topological polar surface area (TPSA) is 54.9 Å². The van der Waals surface area contributed by atoms with Gasteiger partial charge < -0.3 is 5.32 Å². The number of hydrogen-bond acceptors (Lipinski definition) is 4. The average molecular weight is 275 g/mol. The van der Waals surface area contributed by atoms with Gasteiger partial charge in [0.2, 0.25) is 5.91 Å². The van der Waals surface area contributed by atoms with Crippen LogP contribution in [0.4, 0.5) is 5.13 Å². The predicted octanol–water partition coefficient (Wildman–Crippen LogP) is 3.70. The van der Waals surface area contributed by atoms with Gasteiger partial charge in [-0.15, -0.1) is 0 Å². The molecule has 3 rings (SSSR count). The summed E-state index contributed by atoms with van der Waals surface area (Å²) in [5.74, 6) is 0.510. The summed E-state index contributed by atoms with van der Waals surface area (Å²) in [6, 6.07) is 4.11. The molecule has 0 unspecified atom stereocenters. The largest absolute Gasteiger partial charge is 0.302 e. The first-order valence-electron chi connectivity index (χ1n) is 6.77. The zero-order valence-corrected chi connectivity index (χ0v) is 11.8. The van der Waals surface area contributed by atoms with E-state index in [1.54, 1.807) is 0 Å². The molecule has 0 saturated heterocycles. The first kappa shape index (κ1) is 12.5. The second-order valence-corrected chi connectivity index (χ2v) is 6.07. The van der Waals surface area contributed by atoms with E-state index in [4.69, 9.17) is 4.98 Å². The number of thiazole rings is 1. The molecule has 19 heavy (non-hydrogen) atoms. The number of nitrogens with zero attached hydrogens (tertiary/aromatic N) is 2. The van der Waals surface area contributed by atoms with Crippen molar-refractivity contribution in [2.24, 2.45) is 0 Å². The molecule has 2 aromatic rings. The SMILES string of the molecule is CC(=O)Nc1nc2ccc(C3CCCCC3)nc2s1. The molecule has 4 nitrogen and oxygen atoms in total. The smallest absolute Gasteiger partial charge is 0.223 e. The van der Waals surface area contributed by atoms with Gasteiger partial charge >= 0.3 is 0 Å². The lowest BCUT2D eigenvalue weighted by atomic mass is 9.87. The number of fused-ring (bicyclic) bond motifs is 1. The lowest BCUT2D eigenvalue weighted by Gasteiger charge is -2.20. The van der Waals surface area contributed by atoms with Gasteiger partial charge in [0.05, 0.1) is 0 Å². The molecule has 0 bridgehead atoms. The van der Waals surface area contributed by atoms with E-state index in [1.807, 2.05) is 6.07 Å². The third kappa shape index (κ3) is 2.76. The van der Waals surface area contributed by atoms with Crippen molar-refractivity contribution in [1.82, 2.24) is 9.97 Å². The zero-order chi connectivity index (χ0) is 13.2. The molecule has 2 aromatic heterocycles. The van der Waals surface area contributed by atoms with E-state index < -0.39 is 0 Å². The molecular weight excluding hydrogens is 258 g/mol. The molecule has 1 aliphatic rings. The van der Waals surface area contributed by atoms with Crippen LogP contribution in [0.2, 0.25) is 0 Å². The minimum Gasteiger partial charge on any atom is -0.302 e. The third-order valence-electron chi connectivity index (χ3n) is 3.58. The van der Waals surface area contributed by atoms with E-state index in [-0.39, 0.29) is 5.91 Å². The Morgan fingerprint density at radius 1 is 1.26 bits per heavy atom. The number of amides is 1. The van der Waals surface area contributed by atoms with Crippen LogP contribution >= 0.6 is 11.3 Å². The number of anilines is 1. The quantitative estimate of drug-likeness (QED) is 0.909. The van der Waals surface area contributed by atoms with E-state index in [0.29, 0.717) is 11.0 Å². The monoisotopic (exact) mass is 275 g/mol. The van der Waals surface area contributed by atoms with Crippen LogP contribution in [0.3, 0.4) is 0 Å². The van der Waals surface area contributed by atoms with Crippen molar-refractivity contribution < 1.29 is 4.79 Å². The summed E-state index contributed by atoms with van der Waals surface area (Å²) >= 11 is 1.45. The Hall–Kier alpha value is -1.49. The van der Waals surface area contributed by atoms with Gasteiger partial charge in [0.1, 0.15) is 10.3 Å². The van der Waals surface area contributed by atoms with Gasteiger partial charge in [-0.3, -0.25) is 4.79 Å². The first-order valence-corrected chi connectivity index (χ1v) is 7.59. The summed E-state index contributed by atoms with van der Waals surface area (Å²) in [5.41, 5.74) is 2.05. The summed E-state index contributed by atoms with van der Waals surface area (Å²) < 4.78 is 0. The Morgan fingerprint density at radius 2 is 2.05 bits per heavy atom. The molecule has 0 radical (unpaired) electrons. The lowest BCUT2D eigenvalue weighted by Crippen LogP contribution is -2.06. The summed E-state index contributed by atoms with van der Waals surface area (Å²) in [6.07, 6.45) is 6.46. The fourth-order valence-corrected chi connectivity index (χ4v) is 3.55. The minimum absolute atomic E-state index is 0.0911. The van der Waals surface area contributed by atoms with Crippen LogP contribution in [-0.4, -0.2) is 15.9 Å². The molecule has 1 aliphatic carbocycles. The number of aromatic nitrogens is 2. The Labute approximate surface area is 116 Å². The predicted molar refractivity (Wildman–Crippen MR) is 77.5 cm³/mol. The second-order valence-electron chi connectivity index (χ2n) is 5.10. The third-order valence-corrected chi connectivity index (χ3v) is 4.46. The molecule has 100 valence electrons. The van der Waals surface area contributed by atoms with E-state index in [9.17, 15) is 4.79 Å². The maximum atomic E-state index is 11.0. The minimum atomic E-state index is -0.0911. The number of rotatable bonds is 2. The highest BCUT2D eigenvalue weighted by atomic mass is 32.1. The van der Waals surface area contributed by atoms with Gasteiger partial charge in [0.25, 0.3) is 0 Å². The summed E-state index contributed by atoms with van der Waals surface area (Å²) in [4.78, 5) is 21.1. The van der Waals surface area contributed by atoms with Crippen LogP contribution in [0.25, 0.3) is 10.3 Å². The molecular formula is C14H17N3OS. The normalized spacial score (nSPS) is 16.7. The van der Waals surface area contributed by atoms with E-state index in [0.717, 1.165) is 10.3 Å². The highest BCUT2D eigenvalue weighted by Gasteiger charge is 2.17. The van der Waals surface area contributed by atoms with Crippen LogP contribution in [0, 0.1) is 0 Å². The molecule has 0 aromatic carbocycles. The summed E-state index contributed by atoms with van der Waals surface area (Å²) in [7, 11) is 0. The van der Waals surface area contributed by atoms with Gasteiger partial charge in [0.15, 0.2) is 5.13 Å². The fraction of sp³-hybridized carbons (Fsp3) is 0.500. The highest BCUT2D eigenvalue weighted by Crippen LogP contribution is 2.33. The Balaban J connectivity index is 1.89. The van der Waals surface area contributed by atoms with Crippen molar-refractivity contribution in [3.8, 4) is 0 Å². The van der Waals surface area contributed by atoms with Gasteiger partial charge in [-0.25, -0.2) is 9.97 Å². The molecule has 2 heterocycles. The number of carbonyl (C=O) groups excluding carboxylic acids is 1. The molecule has 0 aliphatic heterocycles. The van der Waals surface area contributed by atoms with Crippen LogP contribution < -0.4 is 5.32 Å². The van der Waals surface area contributed by atoms with Gasteiger partial charge in [-0.1, -0.05) is 30.6 Å². The van der Waals surface area contributed by atoms with E-state index >= 15 is 0 Å². The van der Waals surface area contributed by atoms with Crippen LogP contribution in [0.5, 0.6) is 0 Å². The van der Waals surface area contributed by atoms with Crippen LogP contribution in [0.15, 0.2) is 12.1 Å². The van der Waals surface area contributed by atoms with Crippen LogP contribution in [-0.2, 0) is 4.79 Å². The highest BCUT2D eigenvalue weighted by molar-refractivity contribution is 7.21. The molecule has 0 spiro atoms. The average Bonchev–Trinajstić information content (AvgIpc) is 2.79. The number of carbonyl (C=O) groups is 1. The van der Waals surface area contributed by atoms with Crippen molar-refractivity contribution >= 4 is 32.7 Å². The fourth-order valence-electron chi connectivity index (χ4n) is 2.66. The molecule has 0 atom stereocenters. The van der Waals surface area contributed by atoms with E-state index in [1.165, 1.54) is 56.1 Å². The summed E-state index contributed by atoms with van der Waals surface area (Å²) in [6.45, 7) is 1.49. The van der Waals surface area contributed by atoms with Crippen molar-refractivity contribution in [2.45, 2.75) is 44.9 Å². The standard InChI is InChI=1S/C14H17N3OS/c1-9(18)15-14-17-12-8-7-11(16-13(12)19-14)10-5-3-2-4-6-10/h7-8,10H,2-6H2,1H3,(H,15,17,18). The molecule has 1 saturated carbocycles. The second kappa shape index (κ2) is 5.25. The van der Waals surface area contributed by atoms with Crippen LogP contribution in [0.1, 0.15) is 50.6 Å². The first-order chi connectivity index (χ1) is 9.22. The maximum absolute atomic E-state index is 11.0. The Bertz CT molecular complexity index is 602. The Morgan fingerprint density at radius 3 is 2.79 bits per heavy atom. The molecule has 1 amide bonds. The Kier molecular flexibility index (Phi) is 3.46. The maximum Gasteiger partial charge on any atom is 0.223 e. The van der Waals surface area contributed by atoms with Crippen molar-refractivity contribution in [2.75, 3.05) is 5.32 Å². The lowest BCUT2D eigenvalue weighted by molar-refractivity contribution is -0.114. The zero-order valence-electron chi connectivity index (χ0n) is 11.0. The van der Waals surface area contributed by atoms with E-state index in [2.05, 4.69) is 16.4 Å². The van der Waals surface area contributed by atoms with Gasteiger partial charge in [0, 0.05) is 18.5 Å². The van der Waals surface area contributed by atoms with Gasteiger partial charge in [-0.2, -0.15) is 0 Å². The number of pyridine rings is 1. The summed E-state index contributed by atoms with van der Waals surface area (Å²) in [5, 5.41) is 3.36. The number of hydrogen-bond donors (Lipinski definition) is 1. The molecule has 1 fully saturated rings. The van der Waals surface area contributed by atoms with Gasteiger partial charge in [-0.05, 0) is 25.0 Å². The molecule has 5 heteroatoms. The molecule has 1 N–H and O–H groups in total. The van der Waals surface area contributed by atoms with Crippen molar-refractivity contribution in [3.05, 3.63) is 17.8 Å². The van der Waals surface area contributed by atoms with Crippen molar-refractivity contribution in [3.63, 3.8) is 0 Å².